The second kappa shape index (κ2) is 8.19. The molecule has 1 aliphatic rings. The number of nitrogens with one attached hydrogen (secondary N) is 1. The molecule has 1 saturated heterocycles. The number of amides is 1. The van der Waals surface area contributed by atoms with Gasteiger partial charge in [0.2, 0.25) is 5.91 Å². The molecule has 0 atom stereocenters. The molecule has 2 rings (SSSR count). The number of nitrogens with two attached hydrogens (primary N) is 1. The van der Waals surface area contributed by atoms with Crippen molar-refractivity contribution >= 4 is 42.1 Å². The van der Waals surface area contributed by atoms with Crippen LogP contribution in [0.4, 0.5) is 11.4 Å². The number of para-hydroxylation sites is 2. The van der Waals surface area contributed by atoms with Gasteiger partial charge in [0.1, 0.15) is 0 Å². The van der Waals surface area contributed by atoms with E-state index in [9.17, 15) is 4.79 Å². The smallest absolute Gasteiger partial charge is 0.238 e. The number of nitrogens with zero attached hydrogens (tertiary/aromatic N) is 1. The summed E-state index contributed by atoms with van der Waals surface area (Å²) in [6.45, 7) is 2.15. The number of hydrogen-bond acceptors (Lipinski definition) is 3. The van der Waals surface area contributed by atoms with E-state index in [0.717, 1.165) is 24.5 Å². The molecular weight excluding hydrogens is 273 g/mol. The summed E-state index contributed by atoms with van der Waals surface area (Å²) in [5.41, 5.74) is 7.26. The van der Waals surface area contributed by atoms with E-state index in [1.807, 2.05) is 24.3 Å². The van der Waals surface area contributed by atoms with E-state index < -0.39 is 0 Å². The van der Waals surface area contributed by atoms with Crippen LogP contribution in [0.25, 0.3) is 0 Å². The Hall–Kier alpha value is -0.970. The van der Waals surface area contributed by atoms with Crippen molar-refractivity contribution < 1.29 is 4.79 Å². The average molecular weight is 292 g/mol. The lowest BCUT2D eigenvalue weighted by Crippen LogP contribution is -2.24. The lowest BCUT2D eigenvalue weighted by Gasteiger charge is -2.21. The highest BCUT2D eigenvalue weighted by molar-refractivity contribution is 5.95. The molecule has 0 unspecified atom stereocenters. The normalized spacial score (nSPS) is 13.5. The quantitative estimate of drug-likeness (QED) is 0.896. The van der Waals surface area contributed by atoms with Crippen LogP contribution in [0.2, 0.25) is 0 Å². The van der Waals surface area contributed by atoms with Crippen molar-refractivity contribution in [3.63, 3.8) is 0 Å². The van der Waals surface area contributed by atoms with Crippen LogP contribution in [-0.2, 0) is 4.79 Å². The Morgan fingerprint density at radius 2 is 1.83 bits per heavy atom. The minimum atomic E-state index is -0.147. The summed E-state index contributed by atoms with van der Waals surface area (Å²) in [6.07, 6.45) is 2.44. The van der Waals surface area contributed by atoms with Crippen molar-refractivity contribution in [3.05, 3.63) is 24.3 Å². The summed E-state index contributed by atoms with van der Waals surface area (Å²) in [7, 11) is 0. The molecule has 1 aliphatic heterocycles. The molecule has 6 heteroatoms. The highest BCUT2D eigenvalue weighted by Crippen LogP contribution is 2.28. The number of benzene rings is 1. The number of hydrogen-bond donors (Lipinski definition) is 2. The number of anilines is 2. The number of carbonyl (C=O) groups excluding carboxylic acids is 1. The Morgan fingerprint density at radius 1 is 1.22 bits per heavy atom. The van der Waals surface area contributed by atoms with Crippen LogP contribution in [0, 0.1) is 0 Å². The fourth-order valence-electron chi connectivity index (χ4n) is 2.01. The zero-order valence-corrected chi connectivity index (χ0v) is 11.7. The number of carbonyl (C=O) groups is 1. The molecule has 1 heterocycles. The van der Waals surface area contributed by atoms with Gasteiger partial charge in [0.25, 0.3) is 0 Å². The molecule has 0 radical (unpaired) electrons. The van der Waals surface area contributed by atoms with Crippen LogP contribution in [0.15, 0.2) is 24.3 Å². The lowest BCUT2D eigenvalue weighted by molar-refractivity contribution is -0.114. The summed E-state index contributed by atoms with van der Waals surface area (Å²) in [5, 5.41) is 2.83. The van der Waals surface area contributed by atoms with Gasteiger partial charge in [0.05, 0.1) is 17.9 Å². The maximum atomic E-state index is 11.3. The van der Waals surface area contributed by atoms with Crippen molar-refractivity contribution in [2.45, 2.75) is 12.8 Å². The molecular formula is C12H19Cl2N3O. The van der Waals surface area contributed by atoms with Crippen LogP contribution in [0.1, 0.15) is 12.8 Å². The van der Waals surface area contributed by atoms with Crippen LogP contribution in [0.3, 0.4) is 0 Å². The predicted molar refractivity (Wildman–Crippen MR) is 80.1 cm³/mol. The van der Waals surface area contributed by atoms with Crippen LogP contribution in [0.5, 0.6) is 0 Å². The van der Waals surface area contributed by atoms with Crippen molar-refractivity contribution in [1.82, 2.24) is 0 Å². The molecule has 0 aromatic heterocycles. The minimum Gasteiger partial charge on any atom is -0.370 e. The van der Waals surface area contributed by atoms with Crippen LogP contribution >= 0.6 is 24.8 Å². The second-order valence-corrected chi connectivity index (χ2v) is 3.96. The predicted octanol–water partition coefficient (Wildman–Crippen LogP) is 2.03. The third-order valence-corrected chi connectivity index (χ3v) is 2.81. The Balaban J connectivity index is 0.00000144. The maximum absolute atomic E-state index is 11.3. The van der Waals surface area contributed by atoms with Gasteiger partial charge in [-0.05, 0) is 25.0 Å². The van der Waals surface area contributed by atoms with Gasteiger partial charge in [0, 0.05) is 13.1 Å². The number of rotatable bonds is 3. The SMILES string of the molecule is Cl.Cl.NCC(=O)Nc1ccccc1N1CCCC1. The summed E-state index contributed by atoms with van der Waals surface area (Å²) in [6, 6.07) is 7.87. The van der Waals surface area contributed by atoms with E-state index in [2.05, 4.69) is 10.2 Å². The molecule has 0 spiro atoms. The molecule has 18 heavy (non-hydrogen) atoms. The summed E-state index contributed by atoms with van der Waals surface area (Å²) < 4.78 is 0. The van der Waals surface area contributed by atoms with Crippen molar-refractivity contribution in [2.24, 2.45) is 5.73 Å². The molecule has 0 aliphatic carbocycles. The van der Waals surface area contributed by atoms with Gasteiger partial charge >= 0.3 is 0 Å². The van der Waals surface area contributed by atoms with Crippen molar-refractivity contribution in [1.29, 1.82) is 0 Å². The Kier molecular flexibility index (Phi) is 7.75. The molecule has 0 saturated carbocycles. The summed E-state index contributed by atoms with van der Waals surface area (Å²) in [5.74, 6) is -0.147. The first-order chi connectivity index (χ1) is 7.81. The summed E-state index contributed by atoms with van der Waals surface area (Å²) in [4.78, 5) is 13.6. The average Bonchev–Trinajstić information content (AvgIpc) is 2.83. The van der Waals surface area contributed by atoms with Gasteiger partial charge in [-0.1, -0.05) is 12.1 Å². The van der Waals surface area contributed by atoms with E-state index in [0.29, 0.717) is 0 Å². The molecule has 1 aromatic carbocycles. The van der Waals surface area contributed by atoms with Gasteiger partial charge in [-0.15, -0.1) is 24.8 Å². The van der Waals surface area contributed by atoms with Crippen molar-refractivity contribution in [3.8, 4) is 0 Å². The third-order valence-electron chi connectivity index (χ3n) is 2.81. The maximum Gasteiger partial charge on any atom is 0.238 e. The highest BCUT2D eigenvalue weighted by Gasteiger charge is 2.15. The molecule has 4 nitrogen and oxygen atoms in total. The topological polar surface area (TPSA) is 58.4 Å². The molecule has 0 bridgehead atoms. The molecule has 3 N–H and O–H groups in total. The van der Waals surface area contributed by atoms with E-state index in [1.54, 1.807) is 0 Å². The van der Waals surface area contributed by atoms with Crippen molar-refractivity contribution in [2.75, 3.05) is 29.9 Å². The molecule has 102 valence electrons. The van der Waals surface area contributed by atoms with E-state index in [1.165, 1.54) is 12.8 Å². The Bertz CT molecular complexity index is 381. The van der Waals surface area contributed by atoms with E-state index in [4.69, 9.17) is 5.73 Å². The summed E-state index contributed by atoms with van der Waals surface area (Å²) >= 11 is 0. The second-order valence-electron chi connectivity index (χ2n) is 3.96. The number of halogens is 2. The van der Waals surface area contributed by atoms with E-state index >= 15 is 0 Å². The van der Waals surface area contributed by atoms with Crippen LogP contribution in [-0.4, -0.2) is 25.5 Å². The Morgan fingerprint density at radius 3 is 2.44 bits per heavy atom. The molecule has 1 fully saturated rings. The zero-order chi connectivity index (χ0) is 11.4. The molecule has 1 aromatic rings. The zero-order valence-electron chi connectivity index (χ0n) is 10.1. The molecule has 1 amide bonds. The third kappa shape index (κ3) is 4.05. The van der Waals surface area contributed by atoms with Gasteiger partial charge < -0.3 is 16.0 Å². The first-order valence-corrected chi connectivity index (χ1v) is 5.65. The minimum absolute atomic E-state index is 0. The van der Waals surface area contributed by atoms with E-state index in [-0.39, 0.29) is 37.3 Å². The highest BCUT2D eigenvalue weighted by atomic mass is 35.5. The lowest BCUT2D eigenvalue weighted by atomic mass is 10.2. The fourth-order valence-corrected chi connectivity index (χ4v) is 2.01. The van der Waals surface area contributed by atoms with Gasteiger partial charge in [-0.25, -0.2) is 0 Å². The van der Waals surface area contributed by atoms with Gasteiger partial charge in [-0.2, -0.15) is 0 Å². The fraction of sp³-hybridized carbons (Fsp3) is 0.417. The van der Waals surface area contributed by atoms with Crippen LogP contribution < -0.4 is 16.0 Å². The first kappa shape index (κ1) is 17.0. The first-order valence-electron chi connectivity index (χ1n) is 5.65. The largest absolute Gasteiger partial charge is 0.370 e. The Labute approximate surface area is 120 Å². The van der Waals surface area contributed by atoms with Gasteiger partial charge in [0.15, 0.2) is 0 Å². The van der Waals surface area contributed by atoms with Gasteiger partial charge in [-0.3, -0.25) is 4.79 Å². The monoisotopic (exact) mass is 291 g/mol. The standard InChI is InChI=1S/C12H17N3O.2ClH/c13-9-12(16)14-10-5-1-2-6-11(10)15-7-3-4-8-15;;/h1-2,5-6H,3-4,7-9,13H2,(H,14,16);2*1H.